The number of benzene rings is 2. The van der Waals surface area contributed by atoms with Gasteiger partial charge < -0.3 is 0 Å². The summed E-state index contributed by atoms with van der Waals surface area (Å²) in [5.74, 6) is 0.739. The van der Waals surface area contributed by atoms with Gasteiger partial charge in [0.05, 0.1) is 10.6 Å². The Kier molecular flexibility index (Phi) is 5.80. The topological polar surface area (TPSA) is 75.8 Å². The molecule has 2 aromatic carbocycles. The van der Waals surface area contributed by atoms with Gasteiger partial charge in [0, 0.05) is 30.5 Å². The number of amidine groups is 1. The number of hydrogen-bond donors (Lipinski definition) is 0. The van der Waals surface area contributed by atoms with Crippen molar-refractivity contribution in [3.05, 3.63) is 76.4 Å². The molecule has 0 spiro atoms. The van der Waals surface area contributed by atoms with Gasteiger partial charge in [-0.2, -0.15) is 0 Å². The summed E-state index contributed by atoms with van der Waals surface area (Å²) in [4.78, 5) is 29.2. The molecule has 1 heterocycles. The summed E-state index contributed by atoms with van der Waals surface area (Å²) in [6, 6.07) is 15.7. The number of hydrogen-bond acceptors (Lipinski definition) is 5. The quantitative estimate of drug-likeness (QED) is 0.460. The molecule has 6 nitrogen and oxygen atoms in total. The number of nitro groups is 1. The van der Waals surface area contributed by atoms with Crippen LogP contribution >= 0.6 is 11.8 Å². The van der Waals surface area contributed by atoms with E-state index in [1.54, 1.807) is 34.9 Å². The Bertz CT molecular complexity index is 865. The molecule has 0 unspecified atom stereocenters. The van der Waals surface area contributed by atoms with Crippen LogP contribution < -0.4 is 0 Å². The minimum atomic E-state index is -0.453. The van der Waals surface area contributed by atoms with Gasteiger partial charge in [-0.05, 0) is 30.2 Å². The van der Waals surface area contributed by atoms with Gasteiger partial charge in [0.25, 0.3) is 11.6 Å². The summed E-state index contributed by atoms with van der Waals surface area (Å²) in [6.07, 6.45) is 3.93. The Balaban J connectivity index is 1.78. The van der Waals surface area contributed by atoms with Gasteiger partial charge >= 0.3 is 0 Å². The molecule has 0 aliphatic carbocycles. The maximum absolute atomic E-state index is 12.6. The van der Waals surface area contributed by atoms with Crippen molar-refractivity contribution < 1.29 is 9.72 Å². The number of carbonyl (C=O) groups excluding carboxylic acids is 1. The van der Waals surface area contributed by atoms with E-state index in [1.807, 2.05) is 30.3 Å². The van der Waals surface area contributed by atoms with Crippen LogP contribution in [0.4, 0.5) is 11.4 Å². The van der Waals surface area contributed by atoms with Crippen molar-refractivity contribution in [3.63, 3.8) is 0 Å². The molecule has 7 heteroatoms. The summed E-state index contributed by atoms with van der Waals surface area (Å²) in [5.41, 5.74) is 1.41. The minimum Gasteiger partial charge on any atom is -0.288 e. The fraction of sp³-hybridized carbons (Fsp3) is 0.158. The highest BCUT2D eigenvalue weighted by Crippen LogP contribution is 2.23. The van der Waals surface area contributed by atoms with Gasteiger partial charge in [-0.1, -0.05) is 42.1 Å². The predicted octanol–water partition coefficient (Wildman–Crippen LogP) is 4.26. The van der Waals surface area contributed by atoms with Crippen molar-refractivity contribution in [1.82, 2.24) is 4.90 Å². The number of aliphatic imine (C=N–C) groups is 1. The van der Waals surface area contributed by atoms with E-state index in [2.05, 4.69) is 4.99 Å². The van der Waals surface area contributed by atoms with Gasteiger partial charge in [0.1, 0.15) is 0 Å². The SMILES string of the molecule is O=C(/C=C/c1cccc([N+](=O)[O-])c1)N1CCCSC1=Nc1ccccc1. The molecule has 1 saturated heterocycles. The normalized spacial score (nSPS) is 16.2. The number of thioether (sulfide) groups is 1. The Hall–Kier alpha value is -2.93. The van der Waals surface area contributed by atoms with Gasteiger partial charge in [-0.15, -0.1) is 0 Å². The third-order valence-corrected chi connectivity index (χ3v) is 4.80. The van der Waals surface area contributed by atoms with Gasteiger partial charge in [-0.25, -0.2) is 4.99 Å². The van der Waals surface area contributed by atoms with Gasteiger partial charge in [0.15, 0.2) is 5.17 Å². The molecule has 2 aromatic rings. The van der Waals surface area contributed by atoms with Crippen molar-refractivity contribution in [2.24, 2.45) is 4.99 Å². The van der Waals surface area contributed by atoms with Crippen LogP contribution in [0.3, 0.4) is 0 Å². The summed E-state index contributed by atoms with van der Waals surface area (Å²) in [7, 11) is 0. The van der Waals surface area contributed by atoms with Crippen LogP contribution in [0.2, 0.25) is 0 Å². The van der Waals surface area contributed by atoms with Crippen molar-refractivity contribution >= 4 is 40.3 Å². The largest absolute Gasteiger partial charge is 0.288 e. The fourth-order valence-electron chi connectivity index (χ4n) is 2.47. The average molecular weight is 367 g/mol. The molecule has 26 heavy (non-hydrogen) atoms. The second-order valence-electron chi connectivity index (χ2n) is 5.61. The minimum absolute atomic E-state index is 0.000504. The molecule has 0 radical (unpaired) electrons. The van der Waals surface area contributed by atoms with E-state index in [9.17, 15) is 14.9 Å². The number of nitrogens with zero attached hydrogens (tertiary/aromatic N) is 3. The monoisotopic (exact) mass is 367 g/mol. The molecule has 1 amide bonds. The average Bonchev–Trinajstić information content (AvgIpc) is 2.67. The highest BCUT2D eigenvalue weighted by atomic mass is 32.2. The first kappa shape index (κ1) is 17.9. The van der Waals surface area contributed by atoms with Gasteiger partial charge in [0.2, 0.25) is 0 Å². The lowest BCUT2D eigenvalue weighted by Crippen LogP contribution is -2.38. The lowest BCUT2D eigenvalue weighted by molar-refractivity contribution is -0.384. The summed E-state index contributed by atoms with van der Waals surface area (Å²) in [6.45, 7) is 0.608. The molecule has 0 saturated carbocycles. The van der Waals surface area contributed by atoms with Crippen LogP contribution in [0.25, 0.3) is 6.08 Å². The standard InChI is InChI=1S/C19H17N3O3S/c23-18(11-10-15-6-4-9-17(14-15)22(24)25)21-12-5-13-26-19(21)20-16-7-2-1-3-8-16/h1-4,6-11,14H,5,12-13H2/b11-10+,20-19?. The van der Waals surface area contributed by atoms with Crippen LogP contribution in [0.5, 0.6) is 0 Å². The highest BCUT2D eigenvalue weighted by Gasteiger charge is 2.22. The molecular weight excluding hydrogens is 350 g/mol. The van der Waals surface area contributed by atoms with E-state index in [1.165, 1.54) is 18.2 Å². The van der Waals surface area contributed by atoms with Crippen LogP contribution in [-0.2, 0) is 4.79 Å². The molecule has 0 N–H and O–H groups in total. The summed E-state index contributed by atoms with van der Waals surface area (Å²) >= 11 is 1.55. The molecule has 1 aliphatic heterocycles. The lowest BCUT2D eigenvalue weighted by Gasteiger charge is -2.26. The number of non-ortho nitro benzene ring substituents is 1. The zero-order chi connectivity index (χ0) is 18.4. The zero-order valence-electron chi connectivity index (χ0n) is 13.9. The van der Waals surface area contributed by atoms with E-state index in [0.29, 0.717) is 17.3 Å². The van der Waals surface area contributed by atoms with Crippen molar-refractivity contribution in [2.45, 2.75) is 6.42 Å². The van der Waals surface area contributed by atoms with Crippen molar-refractivity contribution in [1.29, 1.82) is 0 Å². The number of rotatable bonds is 4. The first-order chi connectivity index (χ1) is 12.6. The van der Waals surface area contributed by atoms with Crippen molar-refractivity contribution in [2.75, 3.05) is 12.3 Å². The van der Waals surface area contributed by atoms with Crippen LogP contribution in [0.15, 0.2) is 65.7 Å². The number of amides is 1. The molecule has 1 aliphatic rings. The molecule has 0 bridgehead atoms. The number of carbonyl (C=O) groups is 1. The third-order valence-electron chi connectivity index (χ3n) is 3.73. The molecule has 1 fully saturated rings. The van der Waals surface area contributed by atoms with Crippen LogP contribution in [-0.4, -0.2) is 33.2 Å². The zero-order valence-corrected chi connectivity index (χ0v) is 14.8. The first-order valence-corrected chi connectivity index (χ1v) is 9.12. The van der Waals surface area contributed by atoms with E-state index in [4.69, 9.17) is 0 Å². The number of nitro benzene ring substituents is 1. The maximum Gasteiger partial charge on any atom is 0.270 e. The molecule has 132 valence electrons. The lowest BCUT2D eigenvalue weighted by atomic mass is 10.2. The smallest absolute Gasteiger partial charge is 0.270 e. The Morgan fingerprint density at radius 3 is 2.77 bits per heavy atom. The highest BCUT2D eigenvalue weighted by molar-refractivity contribution is 8.13. The second kappa shape index (κ2) is 8.44. The predicted molar refractivity (Wildman–Crippen MR) is 104 cm³/mol. The Morgan fingerprint density at radius 2 is 2.00 bits per heavy atom. The third kappa shape index (κ3) is 4.58. The second-order valence-corrected chi connectivity index (χ2v) is 6.67. The molecule has 0 aromatic heterocycles. The van der Waals surface area contributed by atoms with Crippen LogP contribution in [0, 0.1) is 10.1 Å². The van der Waals surface area contributed by atoms with Crippen molar-refractivity contribution in [3.8, 4) is 0 Å². The summed E-state index contributed by atoms with van der Waals surface area (Å²) in [5, 5.41) is 11.5. The van der Waals surface area contributed by atoms with E-state index in [0.717, 1.165) is 17.9 Å². The number of para-hydroxylation sites is 1. The molecular formula is C19H17N3O3S. The van der Waals surface area contributed by atoms with E-state index in [-0.39, 0.29) is 11.6 Å². The Morgan fingerprint density at radius 1 is 1.19 bits per heavy atom. The molecule has 0 atom stereocenters. The Labute approximate surface area is 155 Å². The summed E-state index contributed by atoms with van der Waals surface area (Å²) < 4.78 is 0. The van der Waals surface area contributed by atoms with Crippen LogP contribution in [0.1, 0.15) is 12.0 Å². The first-order valence-electron chi connectivity index (χ1n) is 8.14. The van der Waals surface area contributed by atoms with Gasteiger partial charge in [-0.3, -0.25) is 19.8 Å². The maximum atomic E-state index is 12.6. The van der Waals surface area contributed by atoms with E-state index >= 15 is 0 Å². The fourth-order valence-corrected chi connectivity index (χ4v) is 3.43. The van der Waals surface area contributed by atoms with E-state index < -0.39 is 4.92 Å². The molecule has 3 rings (SSSR count).